The second kappa shape index (κ2) is 8.35. The molecular weight excluding hydrogens is 274 g/mol. The highest BCUT2D eigenvalue weighted by Gasteiger charge is 2.11. The van der Waals surface area contributed by atoms with Crippen LogP contribution in [-0.2, 0) is 12.8 Å². The lowest BCUT2D eigenvalue weighted by molar-refractivity contribution is 0.0941. The van der Waals surface area contributed by atoms with Crippen LogP contribution in [-0.4, -0.2) is 24.2 Å². The quantitative estimate of drug-likeness (QED) is 0.825. The van der Waals surface area contributed by atoms with Crippen LogP contribution in [0.2, 0.25) is 0 Å². The van der Waals surface area contributed by atoms with Crippen molar-refractivity contribution in [2.75, 3.05) is 13.2 Å². The fourth-order valence-electron chi connectivity index (χ4n) is 2.31. The number of rotatable bonds is 7. The Kier molecular flexibility index (Phi) is 6.16. The van der Waals surface area contributed by atoms with Crippen LogP contribution in [0.15, 0.2) is 54.6 Å². The molecular formula is C19H23NO2. The zero-order chi connectivity index (χ0) is 15.8. The van der Waals surface area contributed by atoms with Gasteiger partial charge in [-0.3, -0.25) is 4.79 Å². The Labute approximate surface area is 132 Å². The fraction of sp³-hybridized carbons (Fsp3) is 0.316. The third-order valence-electron chi connectivity index (χ3n) is 3.71. The van der Waals surface area contributed by atoms with Crippen LogP contribution in [0.3, 0.4) is 0 Å². The maximum atomic E-state index is 12.3. The number of amides is 1. The van der Waals surface area contributed by atoms with Crippen LogP contribution in [0.1, 0.15) is 28.4 Å². The number of aryl methyl sites for hydroxylation is 2. The Bertz CT molecular complexity index is 595. The van der Waals surface area contributed by atoms with Crippen LogP contribution in [0, 0.1) is 5.92 Å². The van der Waals surface area contributed by atoms with E-state index in [0.29, 0.717) is 6.54 Å². The molecule has 116 valence electrons. The predicted molar refractivity (Wildman–Crippen MR) is 88.9 cm³/mol. The van der Waals surface area contributed by atoms with Crippen LogP contribution in [0.25, 0.3) is 0 Å². The number of benzene rings is 2. The Balaban J connectivity index is 2.01. The molecule has 0 saturated heterocycles. The van der Waals surface area contributed by atoms with Gasteiger partial charge >= 0.3 is 0 Å². The standard InChI is InChI=1S/C19H23NO2/c1-15(14-21)13-20-19(22)18-10-6-5-9-17(18)12-11-16-7-3-2-4-8-16/h2-10,15,21H,11-14H2,1H3,(H,20,22). The summed E-state index contributed by atoms with van der Waals surface area (Å²) in [5.74, 6) is 0.00407. The van der Waals surface area contributed by atoms with Gasteiger partial charge in [0.1, 0.15) is 0 Å². The summed E-state index contributed by atoms with van der Waals surface area (Å²) in [5.41, 5.74) is 3.05. The predicted octanol–water partition coefficient (Wildman–Crippen LogP) is 2.83. The molecule has 0 aliphatic rings. The lowest BCUT2D eigenvalue weighted by Gasteiger charge is -2.12. The topological polar surface area (TPSA) is 49.3 Å². The third kappa shape index (κ3) is 4.71. The van der Waals surface area contributed by atoms with Crippen molar-refractivity contribution in [3.63, 3.8) is 0 Å². The van der Waals surface area contributed by atoms with Gasteiger partial charge in [-0.25, -0.2) is 0 Å². The normalized spacial score (nSPS) is 11.9. The van der Waals surface area contributed by atoms with Gasteiger partial charge in [0.05, 0.1) is 0 Å². The summed E-state index contributed by atoms with van der Waals surface area (Å²) < 4.78 is 0. The Hall–Kier alpha value is -2.13. The molecule has 22 heavy (non-hydrogen) atoms. The highest BCUT2D eigenvalue weighted by Crippen LogP contribution is 2.13. The van der Waals surface area contributed by atoms with Gasteiger partial charge in [-0.1, -0.05) is 55.5 Å². The molecule has 0 aliphatic heterocycles. The maximum Gasteiger partial charge on any atom is 0.251 e. The SMILES string of the molecule is CC(CO)CNC(=O)c1ccccc1CCc1ccccc1. The van der Waals surface area contributed by atoms with Gasteiger partial charge in [-0.2, -0.15) is 0 Å². The van der Waals surface area contributed by atoms with Crippen LogP contribution < -0.4 is 5.32 Å². The molecule has 1 unspecified atom stereocenters. The monoisotopic (exact) mass is 297 g/mol. The van der Waals surface area contributed by atoms with Gasteiger partial charge in [-0.15, -0.1) is 0 Å². The summed E-state index contributed by atoms with van der Waals surface area (Å²) in [6.07, 6.45) is 1.75. The van der Waals surface area contributed by atoms with Gasteiger partial charge in [0, 0.05) is 18.7 Å². The number of carbonyl (C=O) groups excluding carboxylic acids is 1. The van der Waals surface area contributed by atoms with Crippen molar-refractivity contribution in [3.05, 3.63) is 71.3 Å². The van der Waals surface area contributed by atoms with E-state index in [4.69, 9.17) is 5.11 Å². The summed E-state index contributed by atoms with van der Waals surface area (Å²) in [4.78, 5) is 12.3. The number of aliphatic hydroxyl groups excluding tert-OH is 1. The van der Waals surface area contributed by atoms with E-state index in [-0.39, 0.29) is 18.4 Å². The minimum atomic E-state index is -0.0658. The molecule has 0 heterocycles. The minimum Gasteiger partial charge on any atom is -0.396 e. The molecule has 0 bridgehead atoms. The molecule has 0 saturated carbocycles. The molecule has 0 aromatic heterocycles. The lowest BCUT2D eigenvalue weighted by Crippen LogP contribution is -2.30. The highest BCUT2D eigenvalue weighted by molar-refractivity contribution is 5.95. The molecule has 3 nitrogen and oxygen atoms in total. The summed E-state index contributed by atoms with van der Waals surface area (Å²) in [7, 11) is 0. The first-order valence-corrected chi connectivity index (χ1v) is 7.71. The minimum absolute atomic E-state index is 0.0658. The average molecular weight is 297 g/mol. The molecule has 0 fully saturated rings. The van der Waals surface area contributed by atoms with Crippen LogP contribution >= 0.6 is 0 Å². The zero-order valence-corrected chi connectivity index (χ0v) is 13.0. The van der Waals surface area contributed by atoms with Crippen molar-refractivity contribution in [2.24, 2.45) is 5.92 Å². The maximum absolute atomic E-state index is 12.3. The van der Waals surface area contributed by atoms with Gasteiger partial charge in [0.15, 0.2) is 0 Å². The van der Waals surface area contributed by atoms with Crippen molar-refractivity contribution in [1.29, 1.82) is 0 Å². The van der Waals surface area contributed by atoms with Crippen molar-refractivity contribution >= 4 is 5.91 Å². The van der Waals surface area contributed by atoms with Gasteiger partial charge in [-0.05, 0) is 36.0 Å². The third-order valence-corrected chi connectivity index (χ3v) is 3.71. The van der Waals surface area contributed by atoms with E-state index in [1.807, 2.05) is 49.4 Å². The average Bonchev–Trinajstić information content (AvgIpc) is 2.58. The van der Waals surface area contributed by atoms with E-state index >= 15 is 0 Å². The molecule has 1 amide bonds. The number of hydrogen-bond donors (Lipinski definition) is 2. The first kappa shape index (κ1) is 16.2. The second-order valence-electron chi connectivity index (χ2n) is 5.64. The summed E-state index contributed by atoms with van der Waals surface area (Å²) in [6, 6.07) is 18.0. The molecule has 2 N–H and O–H groups in total. The first-order chi connectivity index (χ1) is 10.7. The largest absolute Gasteiger partial charge is 0.396 e. The van der Waals surface area contributed by atoms with Gasteiger partial charge < -0.3 is 10.4 Å². The van der Waals surface area contributed by atoms with E-state index in [1.54, 1.807) is 0 Å². The summed E-state index contributed by atoms with van der Waals surface area (Å²) >= 11 is 0. The van der Waals surface area contributed by atoms with Crippen molar-refractivity contribution < 1.29 is 9.90 Å². The van der Waals surface area contributed by atoms with Crippen molar-refractivity contribution in [1.82, 2.24) is 5.32 Å². The Morgan fingerprint density at radius 1 is 1.05 bits per heavy atom. The van der Waals surface area contributed by atoms with E-state index in [1.165, 1.54) is 5.56 Å². The lowest BCUT2D eigenvalue weighted by atomic mass is 9.99. The van der Waals surface area contributed by atoms with E-state index in [0.717, 1.165) is 24.0 Å². The molecule has 3 heteroatoms. The molecule has 2 aromatic carbocycles. The Morgan fingerprint density at radius 3 is 2.45 bits per heavy atom. The number of nitrogens with one attached hydrogen (secondary N) is 1. The van der Waals surface area contributed by atoms with Crippen molar-refractivity contribution in [3.8, 4) is 0 Å². The summed E-state index contributed by atoms with van der Waals surface area (Å²) in [6.45, 7) is 2.47. The molecule has 0 radical (unpaired) electrons. The fourth-order valence-corrected chi connectivity index (χ4v) is 2.31. The van der Waals surface area contributed by atoms with E-state index in [2.05, 4.69) is 17.4 Å². The highest BCUT2D eigenvalue weighted by atomic mass is 16.3. The molecule has 0 aliphatic carbocycles. The number of hydrogen-bond acceptors (Lipinski definition) is 2. The molecule has 0 spiro atoms. The summed E-state index contributed by atoms with van der Waals surface area (Å²) in [5, 5.41) is 11.9. The molecule has 2 rings (SSSR count). The van der Waals surface area contributed by atoms with E-state index < -0.39 is 0 Å². The zero-order valence-electron chi connectivity index (χ0n) is 13.0. The van der Waals surface area contributed by atoms with Crippen molar-refractivity contribution in [2.45, 2.75) is 19.8 Å². The van der Waals surface area contributed by atoms with Crippen LogP contribution in [0.5, 0.6) is 0 Å². The van der Waals surface area contributed by atoms with Crippen LogP contribution in [0.4, 0.5) is 0 Å². The second-order valence-corrected chi connectivity index (χ2v) is 5.64. The van der Waals surface area contributed by atoms with E-state index in [9.17, 15) is 4.79 Å². The molecule has 2 aromatic rings. The smallest absolute Gasteiger partial charge is 0.251 e. The number of aliphatic hydroxyl groups is 1. The first-order valence-electron chi connectivity index (χ1n) is 7.71. The Morgan fingerprint density at radius 2 is 1.73 bits per heavy atom. The van der Waals surface area contributed by atoms with Gasteiger partial charge in [0.2, 0.25) is 0 Å². The van der Waals surface area contributed by atoms with Gasteiger partial charge in [0.25, 0.3) is 5.91 Å². The molecule has 1 atom stereocenters. The number of carbonyl (C=O) groups is 1.